The van der Waals surface area contributed by atoms with Crippen molar-refractivity contribution < 1.29 is 17.9 Å². The summed E-state index contributed by atoms with van der Waals surface area (Å²) in [5.74, 6) is -0.850. The van der Waals surface area contributed by atoms with E-state index in [0.29, 0.717) is 19.7 Å². The van der Waals surface area contributed by atoms with Crippen LogP contribution in [0.4, 0.5) is 0 Å². The van der Waals surface area contributed by atoms with Crippen molar-refractivity contribution in [3.05, 3.63) is 30.1 Å². The van der Waals surface area contributed by atoms with E-state index in [9.17, 15) is 13.2 Å². The van der Waals surface area contributed by atoms with Crippen molar-refractivity contribution >= 4 is 15.7 Å². The second-order valence-electron chi connectivity index (χ2n) is 5.45. The molecule has 1 aliphatic heterocycles. The van der Waals surface area contributed by atoms with Crippen LogP contribution in [0.1, 0.15) is 25.3 Å². The third kappa shape index (κ3) is 5.06. The average molecular weight is 326 g/mol. The van der Waals surface area contributed by atoms with E-state index in [-0.39, 0.29) is 17.8 Å². The fraction of sp³-hybridized carbons (Fsp3) is 0.600. The maximum absolute atomic E-state index is 12.4. The summed E-state index contributed by atoms with van der Waals surface area (Å²) in [5, 5.41) is 0. The van der Waals surface area contributed by atoms with Gasteiger partial charge in [-0.2, -0.15) is 0 Å². The highest BCUT2D eigenvalue weighted by atomic mass is 32.2. The summed E-state index contributed by atoms with van der Waals surface area (Å²) in [6, 6.07) is 3.67. The van der Waals surface area contributed by atoms with Gasteiger partial charge in [-0.15, -0.1) is 0 Å². The Morgan fingerprint density at radius 3 is 2.91 bits per heavy atom. The van der Waals surface area contributed by atoms with E-state index in [4.69, 9.17) is 4.74 Å². The highest BCUT2D eigenvalue weighted by molar-refractivity contribution is 7.92. The Morgan fingerprint density at radius 2 is 2.32 bits per heavy atom. The summed E-state index contributed by atoms with van der Waals surface area (Å²) in [6.45, 7) is 3.03. The number of amides is 1. The monoisotopic (exact) mass is 326 g/mol. The van der Waals surface area contributed by atoms with Gasteiger partial charge in [-0.1, -0.05) is 13.0 Å². The first kappa shape index (κ1) is 16.9. The van der Waals surface area contributed by atoms with Crippen LogP contribution in [0.2, 0.25) is 0 Å². The topological polar surface area (TPSA) is 76.6 Å². The number of nitrogens with zero attached hydrogens (tertiary/aromatic N) is 2. The van der Waals surface area contributed by atoms with Crippen LogP contribution in [-0.4, -0.2) is 55.0 Å². The highest BCUT2D eigenvalue weighted by Crippen LogP contribution is 2.15. The molecule has 1 saturated heterocycles. The molecule has 0 aromatic carbocycles. The summed E-state index contributed by atoms with van der Waals surface area (Å²) in [4.78, 5) is 18.0. The summed E-state index contributed by atoms with van der Waals surface area (Å²) in [6.07, 6.45) is 5.22. The van der Waals surface area contributed by atoms with Crippen LogP contribution in [0.3, 0.4) is 0 Å². The normalized spacial score (nSPS) is 18.3. The molecule has 1 aromatic rings. The van der Waals surface area contributed by atoms with Crippen LogP contribution in [0.25, 0.3) is 0 Å². The number of pyridine rings is 1. The molecule has 6 nitrogen and oxygen atoms in total. The van der Waals surface area contributed by atoms with E-state index < -0.39 is 15.6 Å². The molecule has 2 heterocycles. The summed E-state index contributed by atoms with van der Waals surface area (Å²) in [7, 11) is -3.34. The van der Waals surface area contributed by atoms with Crippen molar-refractivity contribution in [3.8, 4) is 0 Å². The summed E-state index contributed by atoms with van der Waals surface area (Å²) < 4.78 is 29.0. The van der Waals surface area contributed by atoms with Gasteiger partial charge in [0.15, 0.2) is 9.84 Å². The molecule has 1 aliphatic rings. The van der Waals surface area contributed by atoms with Crippen molar-refractivity contribution in [2.24, 2.45) is 0 Å². The number of ether oxygens (including phenoxy) is 1. The largest absolute Gasteiger partial charge is 0.376 e. The predicted molar refractivity (Wildman–Crippen MR) is 83.0 cm³/mol. The Morgan fingerprint density at radius 1 is 1.50 bits per heavy atom. The van der Waals surface area contributed by atoms with Gasteiger partial charge >= 0.3 is 0 Å². The molecule has 0 radical (unpaired) electrons. The first-order chi connectivity index (χ1) is 10.5. The molecule has 1 aromatic heterocycles. The third-order valence-corrected chi connectivity index (χ3v) is 5.25. The van der Waals surface area contributed by atoms with E-state index in [0.717, 1.165) is 18.4 Å². The van der Waals surface area contributed by atoms with Crippen molar-refractivity contribution in [3.63, 3.8) is 0 Å². The van der Waals surface area contributed by atoms with Crippen molar-refractivity contribution in [2.75, 3.05) is 24.7 Å². The zero-order valence-electron chi connectivity index (χ0n) is 12.8. The maximum atomic E-state index is 12.4. The van der Waals surface area contributed by atoms with Gasteiger partial charge < -0.3 is 9.64 Å². The zero-order chi connectivity index (χ0) is 16.0. The van der Waals surface area contributed by atoms with Gasteiger partial charge in [0.1, 0.15) is 5.75 Å². The molecule has 7 heteroatoms. The minimum Gasteiger partial charge on any atom is -0.376 e. The van der Waals surface area contributed by atoms with Gasteiger partial charge in [0.05, 0.1) is 6.10 Å². The Kier molecular flexibility index (Phi) is 5.90. The van der Waals surface area contributed by atoms with E-state index in [1.54, 1.807) is 30.3 Å². The number of hydrogen-bond acceptors (Lipinski definition) is 5. The van der Waals surface area contributed by atoms with Crippen LogP contribution in [0, 0.1) is 0 Å². The minimum absolute atomic E-state index is 0.00930. The van der Waals surface area contributed by atoms with Crippen LogP contribution in [0.15, 0.2) is 24.5 Å². The van der Waals surface area contributed by atoms with E-state index in [1.807, 2.05) is 6.07 Å². The smallest absolute Gasteiger partial charge is 0.238 e. The number of aromatic nitrogens is 1. The lowest BCUT2D eigenvalue weighted by Crippen LogP contribution is -2.40. The number of carbonyl (C=O) groups is 1. The molecule has 1 unspecified atom stereocenters. The molecule has 1 atom stereocenters. The molecule has 0 N–H and O–H groups in total. The van der Waals surface area contributed by atoms with Gasteiger partial charge in [0, 0.05) is 37.8 Å². The second-order valence-corrected chi connectivity index (χ2v) is 7.80. The molecule has 1 fully saturated rings. The summed E-state index contributed by atoms with van der Waals surface area (Å²) >= 11 is 0. The lowest BCUT2D eigenvalue weighted by atomic mass is 10.2. The lowest BCUT2D eigenvalue weighted by Gasteiger charge is -2.25. The molecule has 0 aliphatic carbocycles. The standard InChI is InChI=1S/C15H22N2O4S/c1-2-22(19,20)12-15(18)17(11-14-6-4-8-21-14)10-13-5-3-7-16-9-13/h3,5,7,9,14H,2,4,6,8,10-12H2,1H3. The Hall–Kier alpha value is -1.47. The van der Waals surface area contributed by atoms with E-state index >= 15 is 0 Å². The van der Waals surface area contributed by atoms with Gasteiger partial charge in [0.2, 0.25) is 5.91 Å². The number of carbonyl (C=O) groups excluding carboxylic acids is 1. The van der Waals surface area contributed by atoms with Gasteiger partial charge in [-0.3, -0.25) is 9.78 Å². The fourth-order valence-electron chi connectivity index (χ4n) is 2.38. The van der Waals surface area contributed by atoms with Crippen LogP contribution in [-0.2, 0) is 25.9 Å². The highest BCUT2D eigenvalue weighted by Gasteiger charge is 2.25. The lowest BCUT2D eigenvalue weighted by molar-refractivity contribution is -0.130. The molecule has 1 amide bonds. The van der Waals surface area contributed by atoms with Gasteiger partial charge in [-0.05, 0) is 24.5 Å². The first-order valence-corrected chi connectivity index (χ1v) is 9.31. The molecule has 22 heavy (non-hydrogen) atoms. The maximum Gasteiger partial charge on any atom is 0.238 e. The number of hydrogen-bond donors (Lipinski definition) is 0. The minimum atomic E-state index is -3.34. The van der Waals surface area contributed by atoms with Crippen LogP contribution >= 0.6 is 0 Å². The molecule has 2 rings (SSSR count). The molecule has 0 bridgehead atoms. The van der Waals surface area contributed by atoms with Crippen LogP contribution in [0.5, 0.6) is 0 Å². The quantitative estimate of drug-likeness (QED) is 0.748. The van der Waals surface area contributed by atoms with Gasteiger partial charge in [-0.25, -0.2) is 8.42 Å². The van der Waals surface area contributed by atoms with E-state index in [2.05, 4.69) is 4.98 Å². The average Bonchev–Trinajstić information content (AvgIpc) is 3.00. The van der Waals surface area contributed by atoms with E-state index in [1.165, 1.54) is 0 Å². The molecule has 0 saturated carbocycles. The SMILES string of the molecule is CCS(=O)(=O)CC(=O)N(Cc1cccnc1)CC1CCCO1. The Labute approximate surface area is 131 Å². The van der Waals surface area contributed by atoms with Crippen molar-refractivity contribution in [1.29, 1.82) is 0 Å². The Balaban J connectivity index is 2.07. The first-order valence-electron chi connectivity index (χ1n) is 7.49. The number of rotatable bonds is 7. The molecular weight excluding hydrogens is 304 g/mol. The molecule has 0 spiro atoms. The Bertz CT molecular complexity index is 583. The van der Waals surface area contributed by atoms with Crippen molar-refractivity contribution in [2.45, 2.75) is 32.4 Å². The second kappa shape index (κ2) is 7.69. The van der Waals surface area contributed by atoms with Gasteiger partial charge in [0.25, 0.3) is 0 Å². The summed E-state index contributed by atoms with van der Waals surface area (Å²) in [5.41, 5.74) is 0.878. The number of sulfone groups is 1. The van der Waals surface area contributed by atoms with Crippen molar-refractivity contribution in [1.82, 2.24) is 9.88 Å². The molecule has 122 valence electrons. The molecular formula is C15H22N2O4S. The third-order valence-electron chi connectivity index (χ3n) is 3.68. The van der Waals surface area contributed by atoms with Crippen LogP contribution < -0.4 is 0 Å². The fourth-order valence-corrected chi connectivity index (χ4v) is 3.15. The zero-order valence-corrected chi connectivity index (χ0v) is 13.6. The predicted octanol–water partition coefficient (Wildman–Crippen LogP) is 1.02.